The highest BCUT2D eigenvalue weighted by Gasteiger charge is 2.26. The van der Waals surface area contributed by atoms with Crippen LogP contribution in [0.25, 0.3) is 0 Å². The quantitative estimate of drug-likeness (QED) is 0.870. The van der Waals surface area contributed by atoms with Gasteiger partial charge >= 0.3 is 0 Å². The third-order valence-electron chi connectivity index (χ3n) is 3.39. The molecule has 0 saturated carbocycles. The molecule has 0 unspecified atom stereocenters. The number of carbonyl (C=O) groups is 1. The van der Waals surface area contributed by atoms with Gasteiger partial charge in [0.1, 0.15) is 0 Å². The molecule has 100 valence electrons. The second-order valence-electron chi connectivity index (χ2n) is 5.05. The predicted octanol–water partition coefficient (Wildman–Crippen LogP) is 2.58. The summed E-state index contributed by atoms with van der Waals surface area (Å²) in [4.78, 5) is 14.0. The van der Waals surface area contributed by atoms with Crippen LogP contribution in [-0.4, -0.2) is 23.9 Å². The van der Waals surface area contributed by atoms with Crippen molar-refractivity contribution in [2.75, 3.05) is 7.05 Å². The average Bonchev–Trinajstić information content (AvgIpc) is 2.38. The van der Waals surface area contributed by atoms with E-state index < -0.39 is 6.04 Å². The van der Waals surface area contributed by atoms with E-state index in [-0.39, 0.29) is 17.9 Å². The standard InChI is InChI=1S/C15H24N2O/c1-5-13(12-9-7-6-8-10-12)17(4)15(18)14(16)11(2)3/h6-11,13-14H,5,16H2,1-4H3/t13-,14-/m0/s1. The minimum absolute atomic E-state index is 0.0145. The maximum atomic E-state index is 12.3. The highest BCUT2D eigenvalue weighted by Crippen LogP contribution is 2.23. The molecule has 0 heterocycles. The lowest BCUT2D eigenvalue weighted by molar-refractivity contribution is -0.134. The summed E-state index contributed by atoms with van der Waals surface area (Å²) >= 11 is 0. The van der Waals surface area contributed by atoms with Crippen molar-refractivity contribution in [1.82, 2.24) is 4.90 Å². The monoisotopic (exact) mass is 248 g/mol. The molecule has 1 rings (SSSR count). The molecule has 3 nitrogen and oxygen atoms in total. The molecule has 0 aliphatic rings. The van der Waals surface area contributed by atoms with Crippen molar-refractivity contribution in [3.63, 3.8) is 0 Å². The van der Waals surface area contributed by atoms with Crippen molar-refractivity contribution in [1.29, 1.82) is 0 Å². The normalized spacial score (nSPS) is 14.3. The minimum atomic E-state index is -0.423. The van der Waals surface area contributed by atoms with Gasteiger partial charge in [0.2, 0.25) is 5.91 Å². The molecule has 2 N–H and O–H groups in total. The van der Waals surface area contributed by atoms with E-state index in [1.54, 1.807) is 4.90 Å². The van der Waals surface area contributed by atoms with E-state index in [9.17, 15) is 4.79 Å². The molecular formula is C15H24N2O. The largest absolute Gasteiger partial charge is 0.337 e. The fourth-order valence-electron chi connectivity index (χ4n) is 2.08. The van der Waals surface area contributed by atoms with Crippen LogP contribution >= 0.6 is 0 Å². The average molecular weight is 248 g/mol. The highest BCUT2D eigenvalue weighted by atomic mass is 16.2. The number of hydrogen-bond acceptors (Lipinski definition) is 2. The molecule has 0 aromatic heterocycles. The van der Waals surface area contributed by atoms with Crippen LogP contribution in [0.2, 0.25) is 0 Å². The molecule has 2 atom stereocenters. The fraction of sp³-hybridized carbons (Fsp3) is 0.533. The second kappa shape index (κ2) is 6.55. The van der Waals surface area contributed by atoms with Gasteiger partial charge in [-0.25, -0.2) is 0 Å². The smallest absolute Gasteiger partial charge is 0.240 e. The van der Waals surface area contributed by atoms with Crippen molar-refractivity contribution >= 4 is 5.91 Å². The Bertz CT molecular complexity index is 375. The van der Waals surface area contributed by atoms with Crippen molar-refractivity contribution in [2.45, 2.75) is 39.3 Å². The third kappa shape index (κ3) is 3.33. The maximum absolute atomic E-state index is 12.3. The lowest BCUT2D eigenvalue weighted by Gasteiger charge is -2.31. The number of nitrogens with two attached hydrogens (primary N) is 1. The topological polar surface area (TPSA) is 46.3 Å². The van der Waals surface area contributed by atoms with Gasteiger partial charge in [-0.05, 0) is 17.9 Å². The lowest BCUT2D eigenvalue weighted by Crippen LogP contribution is -2.46. The van der Waals surface area contributed by atoms with Crippen LogP contribution in [0.5, 0.6) is 0 Å². The molecule has 1 aromatic rings. The van der Waals surface area contributed by atoms with E-state index in [4.69, 9.17) is 5.73 Å². The van der Waals surface area contributed by atoms with E-state index in [2.05, 4.69) is 19.1 Å². The summed E-state index contributed by atoms with van der Waals surface area (Å²) in [6.07, 6.45) is 0.886. The van der Waals surface area contributed by atoms with Gasteiger partial charge in [0.15, 0.2) is 0 Å². The summed E-state index contributed by atoms with van der Waals surface area (Å²) in [7, 11) is 1.84. The molecule has 0 saturated heterocycles. The molecule has 0 aliphatic carbocycles. The summed E-state index contributed by atoms with van der Waals surface area (Å²) in [6.45, 7) is 6.03. The molecular weight excluding hydrogens is 224 g/mol. The van der Waals surface area contributed by atoms with Gasteiger partial charge in [0.25, 0.3) is 0 Å². The zero-order chi connectivity index (χ0) is 13.7. The number of benzene rings is 1. The van der Waals surface area contributed by atoms with Gasteiger partial charge in [-0.2, -0.15) is 0 Å². The zero-order valence-electron chi connectivity index (χ0n) is 11.8. The first-order valence-corrected chi connectivity index (χ1v) is 6.56. The molecule has 0 bridgehead atoms. The van der Waals surface area contributed by atoms with Crippen LogP contribution in [0.4, 0.5) is 0 Å². The van der Waals surface area contributed by atoms with Crippen LogP contribution in [0.15, 0.2) is 30.3 Å². The van der Waals surface area contributed by atoms with Crippen LogP contribution < -0.4 is 5.73 Å². The first-order chi connectivity index (χ1) is 8.49. The Morgan fingerprint density at radius 1 is 1.28 bits per heavy atom. The molecule has 18 heavy (non-hydrogen) atoms. The number of nitrogens with zero attached hydrogens (tertiary/aromatic N) is 1. The van der Waals surface area contributed by atoms with E-state index in [1.165, 1.54) is 0 Å². The van der Waals surface area contributed by atoms with E-state index >= 15 is 0 Å². The van der Waals surface area contributed by atoms with Gasteiger partial charge < -0.3 is 10.6 Å². The van der Waals surface area contributed by atoms with E-state index in [0.29, 0.717) is 0 Å². The molecule has 0 fully saturated rings. The summed E-state index contributed by atoms with van der Waals surface area (Å²) < 4.78 is 0. The fourth-order valence-corrected chi connectivity index (χ4v) is 2.08. The first kappa shape index (κ1) is 14.7. The van der Waals surface area contributed by atoms with Crippen molar-refractivity contribution in [2.24, 2.45) is 11.7 Å². The van der Waals surface area contributed by atoms with Crippen molar-refractivity contribution in [3.05, 3.63) is 35.9 Å². The minimum Gasteiger partial charge on any atom is -0.337 e. The highest BCUT2D eigenvalue weighted by molar-refractivity contribution is 5.82. The number of amides is 1. The summed E-state index contributed by atoms with van der Waals surface area (Å²) in [5.74, 6) is 0.175. The number of hydrogen-bond donors (Lipinski definition) is 1. The Morgan fingerprint density at radius 2 is 1.83 bits per heavy atom. The van der Waals surface area contributed by atoms with Crippen molar-refractivity contribution < 1.29 is 4.79 Å². The van der Waals surface area contributed by atoms with E-state index in [1.807, 2.05) is 39.1 Å². The van der Waals surface area contributed by atoms with Crippen LogP contribution in [0, 0.1) is 5.92 Å². The van der Waals surface area contributed by atoms with E-state index in [0.717, 1.165) is 12.0 Å². The molecule has 3 heteroatoms. The van der Waals surface area contributed by atoms with Crippen LogP contribution in [-0.2, 0) is 4.79 Å². The van der Waals surface area contributed by atoms with Gasteiger partial charge in [0, 0.05) is 7.05 Å². The molecule has 0 spiro atoms. The molecule has 0 aliphatic heterocycles. The van der Waals surface area contributed by atoms with Gasteiger partial charge in [-0.3, -0.25) is 4.79 Å². The number of carbonyl (C=O) groups excluding carboxylic acids is 1. The molecule has 1 amide bonds. The summed E-state index contributed by atoms with van der Waals surface area (Å²) in [5.41, 5.74) is 7.10. The summed E-state index contributed by atoms with van der Waals surface area (Å²) in [5, 5.41) is 0. The number of likely N-dealkylation sites (N-methyl/N-ethyl adjacent to an activating group) is 1. The third-order valence-corrected chi connectivity index (χ3v) is 3.39. The maximum Gasteiger partial charge on any atom is 0.240 e. The summed E-state index contributed by atoms with van der Waals surface area (Å²) in [6, 6.07) is 9.77. The second-order valence-corrected chi connectivity index (χ2v) is 5.05. The first-order valence-electron chi connectivity index (χ1n) is 6.56. The Morgan fingerprint density at radius 3 is 2.28 bits per heavy atom. The Hall–Kier alpha value is -1.35. The SMILES string of the molecule is CC[C@@H](c1ccccc1)N(C)C(=O)[C@@H](N)C(C)C. The van der Waals surface area contributed by atoms with Gasteiger partial charge in [-0.15, -0.1) is 0 Å². The molecule has 1 aromatic carbocycles. The van der Waals surface area contributed by atoms with Crippen LogP contribution in [0.3, 0.4) is 0 Å². The van der Waals surface area contributed by atoms with Gasteiger partial charge in [0.05, 0.1) is 12.1 Å². The zero-order valence-corrected chi connectivity index (χ0v) is 11.8. The van der Waals surface area contributed by atoms with Crippen LogP contribution in [0.1, 0.15) is 38.8 Å². The predicted molar refractivity (Wildman–Crippen MR) is 75.1 cm³/mol. The Balaban J connectivity index is 2.86. The Labute approximate surface area is 110 Å². The Kier molecular flexibility index (Phi) is 5.35. The lowest BCUT2D eigenvalue weighted by atomic mass is 9.99. The molecule has 0 radical (unpaired) electrons. The van der Waals surface area contributed by atoms with Crippen molar-refractivity contribution in [3.8, 4) is 0 Å². The van der Waals surface area contributed by atoms with Gasteiger partial charge in [-0.1, -0.05) is 51.1 Å². The number of rotatable bonds is 5.